The lowest BCUT2D eigenvalue weighted by molar-refractivity contribution is 0.362. The fourth-order valence-corrected chi connectivity index (χ4v) is 5.37. The number of fused-ring (bicyclic) bond motifs is 3. The molecule has 0 amide bonds. The van der Waals surface area contributed by atoms with Gasteiger partial charge in [-0.3, -0.25) is 0 Å². The molecule has 0 radical (unpaired) electrons. The van der Waals surface area contributed by atoms with Gasteiger partial charge in [0.25, 0.3) is 0 Å². The molecule has 0 aromatic heterocycles. The van der Waals surface area contributed by atoms with Crippen molar-refractivity contribution in [1.82, 2.24) is 4.72 Å². The van der Waals surface area contributed by atoms with Crippen molar-refractivity contribution in [2.45, 2.75) is 31.7 Å². The number of hydrogen-bond acceptors (Lipinski definition) is 4. The van der Waals surface area contributed by atoms with Crippen molar-refractivity contribution in [3.05, 3.63) is 59.4 Å². The van der Waals surface area contributed by atoms with Gasteiger partial charge in [0, 0.05) is 6.04 Å². The van der Waals surface area contributed by atoms with E-state index in [1.54, 1.807) is 18.2 Å². The molecule has 2 aliphatic rings. The highest BCUT2D eigenvalue weighted by atomic mass is 32.2. The van der Waals surface area contributed by atoms with E-state index in [0.29, 0.717) is 18.4 Å². The standard InChI is InChI=1S/C19H20FNO4S/c20-16-5-3-4-12-10-13-8-9-14(11-15(12)16)19(13)21-26(23,24)25-18-7-2-1-6-17(18)22/h1-7,13-14,19,21-22H,8-11H2. The number of para-hydroxylation sites is 2. The molecule has 2 aromatic carbocycles. The number of rotatable bonds is 4. The van der Waals surface area contributed by atoms with Gasteiger partial charge in [0.05, 0.1) is 0 Å². The van der Waals surface area contributed by atoms with Crippen LogP contribution < -0.4 is 8.91 Å². The van der Waals surface area contributed by atoms with E-state index < -0.39 is 10.3 Å². The topological polar surface area (TPSA) is 75.6 Å². The van der Waals surface area contributed by atoms with Crippen LogP contribution in [0, 0.1) is 17.7 Å². The minimum absolute atomic E-state index is 0.0286. The van der Waals surface area contributed by atoms with Crippen LogP contribution in [0.25, 0.3) is 0 Å². The lowest BCUT2D eigenvalue weighted by Gasteiger charge is -2.23. The van der Waals surface area contributed by atoms with Gasteiger partial charge < -0.3 is 9.29 Å². The van der Waals surface area contributed by atoms with E-state index in [2.05, 4.69) is 4.72 Å². The molecule has 0 spiro atoms. The van der Waals surface area contributed by atoms with Gasteiger partial charge in [-0.15, -0.1) is 0 Å². The third-order valence-electron chi connectivity index (χ3n) is 5.43. The van der Waals surface area contributed by atoms with E-state index >= 15 is 0 Å². The number of benzene rings is 2. The molecule has 0 heterocycles. The van der Waals surface area contributed by atoms with Gasteiger partial charge in [-0.1, -0.05) is 24.3 Å². The maximum absolute atomic E-state index is 14.2. The maximum atomic E-state index is 14.2. The number of aromatic hydroxyl groups is 1. The third kappa shape index (κ3) is 3.29. The molecule has 7 heteroatoms. The van der Waals surface area contributed by atoms with E-state index in [1.807, 2.05) is 6.07 Å². The fraction of sp³-hybridized carbons (Fsp3) is 0.368. The molecular weight excluding hydrogens is 357 g/mol. The number of nitrogens with one attached hydrogen (secondary N) is 1. The molecule has 3 atom stereocenters. The minimum Gasteiger partial charge on any atom is -0.504 e. The predicted molar refractivity (Wildman–Crippen MR) is 94.6 cm³/mol. The first kappa shape index (κ1) is 17.3. The number of halogens is 1. The van der Waals surface area contributed by atoms with Crippen LogP contribution in [0.2, 0.25) is 0 Å². The van der Waals surface area contributed by atoms with Gasteiger partial charge in [-0.25, -0.2) is 4.39 Å². The van der Waals surface area contributed by atoms with Crippen LogP contribution in [0.4, 0.5) is 4.39 Å². The summed E-state index contributed by atoms with van der Waals surface area (Å²) in [6.07, 6.45) is 2.91. The van der Waals surface area contributed by atoms with E-state index in [-0.39, 0.29) is 35.2 Å². The Labute approximate surface area is 152 Å². The van der Waals surface area contributed by atoms with E-state index in [4.69, 9.17) is 4.18 Å². The average molecular weight is 377 g/mol. The Morgan fingerprint density at radius 2 is 1.77 bits per heavy atom. The van der Waals surface area contributed by atoms with E-state index in [0.717, 1.165) is 18.4 Å². The first-order valence-electron chi connectivity index (χ1n) is 8.69. The maximum Gasteiger partial charge on any atom is 0.383 e. The van der Waals surface area contributed by atoms with Gasteiger partial charge in [-0.2, -0.15) is 13.1 Å². The molecule has 0 saturated heterocycles. The van der Waals surface area contributed by atoms with Crippen molar-refractivity contribution >= 4 is 10.3 Å². The smallest absolute Gasteiger partial charge is 0.383 e. The van der Waals surface area contributed by atoms with Crippen molar-refractivity contribution in [1.29, 1.82) is 0 Å². The van der Waals surface area contributed by atoms with Crippen molar-refractivity contribution in [3.63, 3.8) is 0 Å². The summed E-state index contributed by atoms with van der Waals surface area (Å²) >= 11 is 0. The summed E-state index contributed by atoms with van der Waals surface area (Å²) in [5, 5.41) is 9.73. The summed E-state index contributed by atoms with van der Waals surface area (Å²) in [4.78, 5) is 0. The zero-order chi connectivity index (χ0) is 18.3. The van der Waals surface area contributed by atoms with Crippen LogP contribution in [0.1, 0.15) is 24.0 Å². The van der Waals surface area contributed by atoms with Crippen LogP contribution in [0.5, 0.6) is 11.5 Å². The van der Waals surface area contributed by atoms with Crippen LogP contribution >= 0.6 is 0 Å². The summed E-state index contributed by atoms with van der Waals surface area (Å²) in [6, 6.07) is 10.7. The van der Waals surface area contributed by atoms with Crippen molar-refractivity contribution in [2.24, 2.45) is 11.8 Å². The first-order chi connectivity index (χ1) is 12.4. The largest absolute Gasteiger partial charge is 0.504 e. The Kier molecular flexibility index (Phi) is 4.36. The zero-order valence-electron chi connectivity index (χ0n) is 14.1. The molecule has 1 fully saturated rings. The van der Waals surface area contributed by atoms with Crippen LogP contribution in [0.3, 0.4) is 0 Å². The Hall–Kier alpha value is -2.12. The van der Waals surface area contributed by atoms with Crippen molar-refractivity contribution < 1.29 is 22.1 Å². The number of phenols is 1. The molecule has 2 aliphatic carbocycles. The molecule has 4 rings (SSSR count). The number of phenolic OH excluding ortho intramolecular Hbond substituents is 1. The minimum atomic E-state index is -4.10. The molecule has 2 bridgehead atoms. The highest BCUT2D eigenvalue weighted by Crippen LogP contribution is 2.41. The van der Waals surface area contributed by atoms with Gasteiger partial charge in [0.2, 0.25) is 0 Å². The zero-order valence-corrected chi connectivity index (χ0v) is 14.9. The second-order valence-corrected chi connectivity index (χ2v) is 8.34. The molecular formula is C19H20FNO4S. The molecule has 2 aromatic rings. The normalized spacial score (nSPS) is 24.7. The van der Waals surface area contributed by atoms with E-state index in [9.17, 15) is 17.9 Å². The molecule has 26 heavy (non-hydrogen) atoms. The molecule has 138 valence electrons. The third-order valence-corrected chi connectivity index (χ3v) is 6.39. The predicted octanol–water partition coefficient (Wildman–Crippen LogP) is 2.94. The first-order valence-corrected chi connectivity index (χ1v) is 10.1. The van der Waals surface area contributed by atoms with Gasteiger partial charge >= 0.3 is 10.3 Å². The SMILES string of the molecule is O=S(=O)(NC1C2CCC1Cc1c(F)cccc1C2)Oc1ccccc1O. The molecule has 0 aliphatic heterocycles. The Morgan fingerprint density at radius 3 is 2.54 bits per heavy atom. The van der Waals surface area contributed by atoms with Crippen molar-refractivity contribution in [3.8, 4) is 11.5 Å². The summed E-state index contributed by atoms with van der Waals surface area (Å²) in [5.41, 5.74) is 1.66. The van der Waals surface area contributed by atoms with Crippen LogP contribution in [-0.2, 0) is 23.1 Å². The summed E-state index contributed by atoms with van der Waals surface area (Å²) in [7, 11) is -4.10. The average Bonchev–Trinajstić information content (AvgIpc) is 2.84. The monoisotopic (exact) mass is 377 g/mol. The number of hydrogen-bond donors (Lipinski definition) is 2. The quantitative estimate of drug-likeness (QED) is 0.859. The fourth-order valence-electron chi connectivity index (χ4n) is 4.23. The van der Waals surface area contributed by atoms with E-state index in [1.165, 1.54) is 18.2 Å². The molecule has 1 saturated carbocycles. The second-order valence-electron chi connectivity index (χ2n) is 7.03. The lowest BCUT2D eigenvalue weighted by atomic mass is 9.93. The Morgan fingerprint density at radius 1 is 1.04 bits per heavy atom. The second kappa shape index (κ2) is 6.55. The van der Waals surface area contributed by atoms with Crippen molar-refractivity contribution in [2.75, 3.05) is 0 Å². The van der Waals surface area contributed by atoms with Gasteiger partial charge in [0.15, 0.2) is 11.5 Å². The molecule has 2 N–H and O–H groups in total. The Balaban J connectivity index is 1.56. The molecule has 5 nitrogen and oxygen atoms in total. The van der Waals surface area contributed by atoms with Gasteiger partial charge in [0.1, 0.15) is 5.82 Å². The van der Waals surface area contributed by atoms with Crippen LogP contribution in [-0.4, -0.2) is 19.6 Å². The Bertz CT molecular complexity index is 931. The highest BCUT2D eigenvalue weighted by molar-refractivity contribution is 7.85. The van der Waals surface area contributed by atoms with Gasteiger partial charge in [-0.05, 0) is 66.8 Å². The summed E-state index contributed by atoms with van der Waals surface area (Å²) < 4.78 is 46.8. The summed E-state index contributed by atoms with van der Waals surface area (Å²) in [5.74, 6) is -0.444. The highest BCUT2D eigenvalue weighted by Gasteiger charge is 2.42. The molecule has 3 unspecified atom stereocenters. The summed E-state index contributed by atoms with van der Waals surface area (Å²) in [6.45, 7) is 0. The van der Waals surface area contributed by atoms with Crippen LogP contribution in [0.15, 0.2) is 42.5 Å². The lowest BCUT2D eigenvalue weighted by Crippen LogP contribution is -2.43.